The molecule has 2 nitrogen and oxygen atoms in total. The molecule has 0 aliphatic rings. The molecule has 0 aliphatic carbocycles. The lowest BCUT2D eigenvalue weighted by molar-refractivity contribution is 0.309. The van der Waals surface area contributed by atoms with E-state index in [2.05, 4.69) is 27.8 Å². The van der Waals surface area contributed by atoms with Crippen molar-refractivity contribution in [1.29, 1.82) is 0 Å². The number of nitrogens with one attached hydrogen (secondary N) is 1. The van der Waals surface area contributed by atoms with Crippen molar-refractivity contribution in [1.82, 2.24) is 5.32 Å². The van der Waals surface area contributed by atoms with Gasteiger partial charge in [0.1, 0.15) is 5.75 Å². The molecule has 82 valence electrons. The van der Waals surface area contributed by atoms with Gasteiger partial charge < -0.3 is 10.1 Å². The fourth-order valence-corrected chi connectivity index (χ4v) is 1.39. The predicted octanol–water partition coefficient (Wildman–Crippen LogP) is 2.99. The first kappa shape index (κ1) is 12.3. The lowest BCUT2D eigenvalue weighted by atomic mass is 10.3. The Morgan fingerprint density at radius 1 is 1.33 bits per heavy atom. The van der Waals surface area contributed by atoms with Crippen LogP contribution in [-0.2, 0) is 0 Å². The van der Waals surface area contributed by atoms with Crippen molar-refractivity contribution in [2.75, 3.05) is 19.7 Å². The van der Waals surface area contributed by atoms with E-state index in [1.807, 2.05) is 30.3 Å². The molecule has 0 saturated carbocycles. The Hall–Kier alpha value is -0.800. The van der Waals surface area contributed by atoms with Gasteiger partial charge in [-0.25, -0.2) is 0 Å². The molecule has 0 saturated heterocycles. The van der Waals surface area contributed by atoms with Gasteiger partial charge in [0.2, 0.25) is 0 Å². The number of benzene rings is 1. The van der Waals surface area contributed by atoms with Crippen molar-refractivity contribution in [2.24, 2.45) is 0 Å². The Labute approximate surface area is 99.5 Å². The van der Waals surface area contributed by atoms with Crippen molar-refractivity contribution in [3.8, 4) is 5.75 Å². The molecular weight excluding hydrogens is 254 g/mol. The van der Waals surface area contributed by atoms with Gasteiger partial charge >= 0.3 is 0 Å². The first-order valence-electron chi connectivity index (χ1n) is 5.03. The van der Waals surface area contributed by atoms with E-state index < -0.39 is 0 Å². The molecule has 0 unspecified atom stereocenters. The summed E-state index contributed by atoms with van der Waals surface area (Å²) in [6, 6.07) is 7.87. The zero-order valence-electron chi connectivity index (χ0n) is 8.71. The molecule has 0 aromatic heterocycles. The smallest absolute Gasteiger partial charge is 0.119 e. The highest BCUT2D eigenvalue weighted by molar-refractivity contribution is 9.10. The monoisotopic (exact) mass is 269 g/mol. The Kier molecular flexibility index (Phi) is 6.12. The summed E-state index contributed by atoms with van der Waals surface area (Å²) in [6.07, 6.45) is 2.86. The van der Waals surface area contributed by atoms with Gasteiger partial charge in [0, 0.05) is 11.0 Å². The summed E-state index contributed by atoms with van der Waals surface area (Å²) < 4.78 is 6.63. The fraction of sp³-hybridized carbons (Fsp3) is 0.333. The van der Waals surface area contributed by atoms with Gasteiger partial charge in [-0.3, -0.25) is 0 Å². The van der Waals surface area contributed by atoms with E-state index in [1.54, 1.807) is 0 Å². The highest BCUT2D eigenvalue weighted by atomic mass is 79.9. The van der Waals surface area contributed by atoms with Crippen LogP contribution in [0.25, 0.3) is 0 Å². The van der Waals surface area contributed by atoms with E-state index in [0.29, 0.717) is 0 Å². The third-order valence-corrected chi connectivity index (χ3v) is 2.40. The summed E-state index contributed by atoms with van der Waals surface area (Å²) in [5, 5.41) is 3.22. The SMILES string of the molecule is C=CCNCCCOc1ccc(Br)cc1. The van der Waals surface area contributed by atoms with E-state index in [-0.39, 0.29) is 0 Å². The summed E-state index contributed by atoms with van der Waals surface area (Å²) in [5.41, 5.74) is 0. The highest BCUT2D eigenvalue weighted by Gasteiger charge is 1.93. The molecule has 0 amide bonds. The Bertz CT molecular complexity index is 284. The largest absolute Gasteiger partial charge is 0.494 e. The molecular formula is C12H16BrNO. The quantitative estimate of drug-likeness (QED) is 0.607. The number of ether oxygens (including phenoxy) is 1. The van der Waals surface area contributed by atoms with Crippen LogP contribution in [0, 0.1) is 0 Å². The molecule has 0 atom stereocenters. The summed E-state index contributed by atoms with van der Waals surface area (Å²) >= 11 is 3.38. The van der Waals surface area contributed by atoms with Crippen LogP contribution in [0.2, 0.25) is 0 Å². The molecule has 0 radical (unpaired) electrons. The van der Waals surface area contributed by atoms with Crippen molar-refractivity contribution in [3.63, 3.8) is 0 Å². The van der Waals surface area contributed by atoms with Crippen LogP contribution in [0.5, 0.6) is 5.75 Å². The predicted molar refractivity (Wildman–Crippen MR) is 67.3 cm³/mol. The summed E-state index contributed by atoms with van der Waals surface area (Å²) in [6.45, 7) is 6.20. The Morgan fingerprint density at radius 2 is 2.07 bits per heavy atom. The zero-order valence-corrected chi connectivity index (χ0v) is 10.3. The maximum Gasteiger partial charge on any atom is 0.119 e. The van der Waals surface area contributed by atoms with E-state index in [1.165, 1.54) is 0 Å². The second-order valence-electron chi connectivity index (χ2n) is 3.15. The van der Waals surface area contributed by atoms with Crippen LogP contribution >= 0.6 is 15.9 Å². The Balaban J connectivity index is 2.09. The average molecular weight is 270 g/mol. The van der Waals surface area contributed by atoms with E-state index in [0.717, 1.165) is 36.3 Å². The van der Waals surface area contributed by atoms with Crippen molar-refractivity contribution < 1.29 is 4.74 Å². The first-order valence-corrected chi connectivity index (χ1v) is 5.82. The van der Waals surface area contributed by atoms with Gasteiger partial charge in [-0.05, 0) is 37.2 Å². The van der Waals surface area contributed by atoms with E-state index >= 15 is 0 Å². The van der Waals surface area contributed by atoms with Crippen LogP contribution in [0.1, 0.15) is 6.42 Å². The highest BCUT2D eigenvalue weighted by Crippen LogP contribution is 2.15. The van der Waals surface area contributed by atoms with Crippen LogP contribution in [0.4, 0.5) is 0 Å². The van der Waals surface area contributed by atoms with Gasteiger partial charge in [-0.15, -0.1) is 6.58 Å². The summed E-state index contributed by atoms with van der Waals surface area (Å²) in [7, 11) is 0. The van der Waals surface area contributed by atoms with E-state index in [9.17, 15) is 0 Å². The number of hydrogen-bond acceptors (Lipinski definition) is 2. The summed E-state index contributed by atoms with van der Waals surface area (Å²) in [4.78, 5) is 0. The second-order valence-corrected chi connectivity index (χ2v) is 4.06. The molecule has 0 spiro atoms. The third kappa shape index (κ3) is 5.60. The summed E-state index contributed by atoms with van der Waals surface area (Å²) in [5.74, 6) is 0.918. The maximum absolute atomic E-state index is 5.55. The molecule has 1 aromatic rings. The number of hydrogen-bond donors (Lipinski definition) is 1. The van der Waals surface area contributed by atoms with Crippen LogP contribution in [0.3, 0.4) is 0 Å². The maximum atomic E-state index is 5.55. The van der Waals surface area contributed by atoms with Gasteiger partial charge in [-0.1, -0.05) is 22.0 Å². The number of halogens is 1. The molecule has 3 heteroatoms. The minimum Gasteiger partial charge on any atom is -0.494 e. The minimum absolute atomic E-state index is 0.742. The molecule has 0 fully saturated rings. The standard InChI is InChI=1S/C12H16BrNO/c1-2-8-14-9-3-10-15-12-6-4-11(13)5-7-12/h2,4-7,14H,1,3,8-10H2. The molecule has 1 aromatic carbocycles. The Morgan fingerprint density at radius 3 is 2.73 bits per heavy atom. The number of rotatable bonds is 7. The lowest BCUT2D eigenvalue weighted by Crippen LogP contribution is -2.17. The lowest BCUT2D eigenvalue weighted by Gasteiger charge is -2.06. The van der Waals surface area contributed by atoms with Crippen LogP contribution < -0.4 is 10.1 Å². The van der Waals surface area contributed by atoms with Gasteiger partial charge in [0.05, 0.1) is 6.61 Å². The first-order chi connectivity index (χ1) is 7.33. The molecule has 1 rings (SSSR count). The molecule has 0 heterocycles. The van der Waals surface area contributed by atoms with Crippen LogP contribution in [-0.4, -0.2) is 19.7 Å². The minimum atomic E-state index is 0.742. The topological polar surface area (TPSA) is 21.3 Å². The molecule has 0 aliphatic heterocycles. The van der Waals surface area contributed by atoms with Gasteiger partial charge in [0.15, 0.2) is 0 Å². The molecule has 0 bridgehead atoms. The van der Waals surface area contributed by atoms with Crippen molar-refractivity contribution in [3.05, 3.63) is 41.4 Å². The van der Waals surface area contributed by atoms with Crippen LogP contribution in [0.15, 0.2) is 41.4 Å². The third-order valence-electron chi connectivity index (χ3n) is 1.87. The van der Waals surface area contributed by atoms with Crippen molar-refractivity contribution in [2.45, 2.75) is 6.42 Å². The van der Waals surface area contributed by atoms with Gasteiger partial charge in [-0.2, -0.15) is 0 Å². The molecule has 1 N–H and O–H groups in total. The van der Waals surface area contributed by atoms with E-state index in [4.69, 9.17) is 4.74 Å². The normalized spacial score (nSPS) is 9.93. The molecule has 15 heavy (non-hydrogen) atoms. The average Bonchev–Trinajstić information content (AvgIpc) is 2.26. The zero-order chi connectivity index (χ0) is 10.9. The fourth-order valence-electron chi connectivity index (χ4n) is 1.12. The van der Waals surface area contributed by atoms with Crippen molar-refractivity contribution >= 4 is 15.9 Å². The van der Waals surface area contributed by atoms with Gasteiger partial charge in [0.25, 0.3) is 0 Å². The second kappa shape index (κ2) is 7.49.